The van der Waals surface area contributed by atoms with E-state index in [9.17, 15) is 4.79 Å². The van der Waals surface area contributed by atoms with Crippen molar-refractivity contribution in [3.63, 3.8) is 0 Å². The first-order valence-corrected chi connectivity index (χ1v) is 9.16. The SMILES string of the molecule is CCNC(=NCC(C)(C)C(N)=O)NCC1(c2cccc(Br)c2)CC1. The van der Waals surface area contributed by atoms with Gasteiger partial charge in [-0.25, -0.2) is 0 Å². The summed E-state index contributed by atoms with van der Waals surface area (Å²) in [5, 5.41) is 6.66. The molecule has 0 bridgehead atoms. The average molecular weight is 395 g/mol. The molecule has 6 heteroatoms. The second-order valence-corrected chi connectivity index (χ2v) is 8.00. The minimum absolute atomic E-state index is 0.180. The van der Waals surface area contributed by atoms with Crippen LogP contribution in [0.25, 0.3) is 0 Å². The van der Waals surface area contributed by atoms with E-state index >= 15 is 0 Å². The maximum absolute atomic E-state index is 11.4. The number of nitrogens with two attached hydrogens (primary N) is 1. The Morgan fingerprint density at radius 1 is 1.38 bits per heavy atom. The molecule has 0 spiro atoms. The molecule has 0 saturated heterocycles. The number of aliphatic imine (C=N–C) groups is 1. The number of guanidine groups is 1. The topological polar surface area (TPSA) is 79.5 Å². The van der Waals surface area contributed by atoms with Crippen LogP contribution in [0.2, 0.25) is 0 Å². The quantitative estimate of drug-likeness (QED) is 0.490. The molecular weight excluding hydrogens is 368 g/mol. The number of amides is 1. The lowest BCUT2D eigenvalue weighted by Crippen LogP contribution is -2.42. The van der Waals surface area contributed by atoms with E-state index in [1.807, 2.05) is 26.8 Å². The van der Waals surface area contributed by atoms with E-state index in [2.05, 4.69) is 49.8 Å². The molecule has 24 heavy (non-hydrogen) atoms. The van der Waals surface area contributed by atoms with E-state index < -0.39 is 5.41 Å². The predicted octanol–water partition coefficient (Wildman–Crippen LogP) is 2.55. The van der Waals surface area contributed by atoms with E-state index in [1.165, 1.54) is 18.4 Å². The molecule has 2 rings (SSSR count). The Morgan fingerprint density at radius 2 is 2.08 bits per heavy atom. The first-order valence-electron chi connectivity index (χ1n) is 8.37. The van der Waals surface area contributed by atoms with Crippen LogP contribution in [0.1, 0.15) is 39.2 Å². The van der Waals surface area contributed by atoms with Crippen LogP contribution in [0, 0.1) is 5.41 Å². The van der Waals surface area contributed by atoms with Crippen LogP contribution in [-0.4, -0.2) is 31.5 Å². The Kier molecular flexibility index (Phi) is 5.91. The van der Waals surface area contributed by atoms with Gasteiger partial charge in [0, 0.05) is 23.0 Å². The third-order valence-corrected chi connectivity index (χ3v) is 5.02. The van der Waals surface area contributed by atoms with E-state index in [0.29, 0.717) is 6.54 Å². The molecule has 0 aliphatic heterocycles. The highest BCUT2D eigenvalue weighted by molar-refractivity contribution is 9.10. The molecule has 132 valence electrons. The van der Waals surface area contributed by atoms with Crippen LogP contribution in [0.3, 0.4) is 0 Å². The predicted molar refractivity (Wildman–Crippen MR) is 102 cm³/mol. The summed E-state index contributed by atoms with van der Waals surface area (Å²) < 4.78 is 1.11. The lowest BCUT2D eigenvalue weighted by molar-refractivity contribution is -0.125. The smallest absolute Gasteiger partial charge is 0.224 e. The summed E-state index contributed by atoms with van der Waals surface area (Å²) in [6.07, 6.45) is 2.34. The molecule has 0 unspecified atom stereocenters. The third-order valence-electron chi connectivity index (χ3n) is 4.53. The van der Waals surface area contributed by atoms with Crippen molar-refractivity contribution in [3.05, 3.63) is 34.3 Å². The Balaban J connectivity index is 2.02. The Labute approximate surface area is 152 Å². The summed E-state index contributed by atoms with van der Waals surface area (Å²) in [6.45, 7) is 7.61. The number of halogens is 1. The van der Waals surface area contributed by atoms with Gasteiger partial charge in [-0.3, -0.25) is 9.79 Å². The molecule has 0 atom stereocenters. The Bertz CT molecular complexity index is 623. The first-order chi connectivity index (χ1) is 11.3. The molecule has 1 fully saturated rings. The van der Waals surface area contributed by atoms with Crippen molar-refractivity contribution in [1.82, 2.24) is 10.6 Å². The number of hydrogen-bond donors (Lipinski definition) is 3. The minimum atomic E-state index is -0.649. The van der Waals surface area contributed by atoms with Crippen LogP contribution in [0.15, 0.2) is 33.7 Å². The van der Waals surface area contributed by atoms with Crippen molar-refractivity contribution in [2.24, 2.45) is 16.1 Å². The second-order valence-electron chi connectivity index (χ2n) is 7.09. The zero-order valence-corrected chi connectivity index (χ0v) is 16.2. The monoisotopic (exact) mass is 394 g/mol. The van der Waals surface area contributed by atoms with Crippen molar-refractivity contribution in [1.29, 1.82) is 0 Å². The van der Waals surface area contributed by atoms with Gasteiger partial charge in [0.15, 0.2) is 5.96 Å². The lowest BCUT2D eigenvalue weighted by Gasteiger charge is -2.21. The van der Waals surface area contributed by atoms with Crippen molar-refractivity contribution >= 4 is 27.8 Å². The third kappa shape index (κ3) is 4.72. The first kappa shape index (κ1) is 18.8. The summed E-state index contributed by atoms with van der Waals surface area (Å²) >= 11 is 3.55. The van der Waals surface area contributed by atoms with Crippen molar-refractivity contribution in [3.8, 4) is 0 Å². The van der Waals surface area contributed by atoms with Gasteiger partial charge in [0.2, 0.25) is 5.91 Å². The molecule has 1 aromatic rings. The molecule has 0 heterocycles. The Morgan fingerprint density at radius 3 is 2.62 bits per heavy atom. The molecule has 0 radical (unpaired) electrons. The molecule has 1 aromatic carbocycles. The average Bonchev–Trinajstić information content (AvgIpc) is 3.31. The Hall–Kier alpha value is -1.56. The number of rotatable bonds is 7. The van der Waals surface area contributed by atoms with Crippen molar-refractivity contribution < 1.29 is 4.79 Å². The maximum Gasteiger partial charge on any atom is 0.224 e. The van der Waals surface area contributed by atoms with E-state index in [0.717, 1.165) is 23.5 Å². The summed E-state index contributed by atoms with van der Waals surface area (Å²) in [6, 6.07) is 8.49. The van der Waals surface area contributed by atoms with Gasteiger partial charge in [-0.05, 0) is 51.3 Å². The summed E-state index contributed by atoms with van der Waals surface area (Å²) in [5.74, 6) is 0.392. The lowest BCUT2D eigenvalue weighted by atomic mass is 9.93. The molecule has 1 amide bonds. The minimum Gasteiger partial charge on any atom is -0.369 e. The zero-order chi connectivity index (χ0) is 17.8. The van der Waals surface area contributed by atoms with Crippen molar-refractivity contribution in [2.45, 2.75) is 39.0 Å². The molecule has 1 saturated carbocycles. The highest BCUT2D eigenvalue weighted by Gasteiger charge is 2.44. The molecule has 5 nitrogen and oxygen atoms in total. The van der Waals surface area contributed by atoms with E-state index in [-0.39, 0.29) is 11.3 Å². The van der Waals surface area contributed by atoms with Gasteiger partial charge in [-0.15, -0.1) is 0 Å². The summed E-state index contributed by atoms with van der Waals surface area (Å²) in [7, 11) is 0. The fourth-order valence-electron chi connectivity index (χ4n) is 2.49. The van der Waals surface area contributed by atoms with Gasteiger partial charge < -0.3 is 16.4 Å². The van der Waals surface area contributed by atoms with Crippen LogP contribution >= 0.6 is 15.9 Å². The van der Waals surface area contributed by atoms with Crippen LogP contribution < -0.4 is 16.4 Å². The molecule has 4 N–H and O–H groups in total. The van der Waals surface area contributed by atoms with Gasteiger partial charge >= 0.3 is 0 Å². The van der Waals surface area contributed by atoms with Gasteiger partial charge in [0.1, 0.15) is 0 Å². The number of carbonyl (C=O) groups is 1. The highest BCUT2D eigenvalue weighted by atomic mass is 79.9. The number of nitrogens with one attached hydrogen (secondary N) is 2. The van der Waals surface area contributed by atoms with Crippen LogP contribution in [-0.2, 0) is 10.2 Å². The fourth-order valence-corrected chi connectivity index (χ4v) is 2.89. The standard InChI is InChI=1S/C18H27BrN4O/c1-4-21-16(22-11-17(2,3)15(20)24)23-12-18(8-9-18)13-6-5-7-14(19)10-13/h5-7,10H,4,8-9,11-12H2,1-3H3,(H2,20,24)(H2,21,22,23). The number of hydrogen-bond acceptors (Lipinski definition) is 2. The van der Waals surface area contributed by atoms with Gasteiger partial charge in [-0.1, -0.05) is 28.1 Å². The van der Waals surface area contributed by atoms with Crippen LogP contribution in [0.4, 0.5) is 0 Å². The highest BCUT2D eigenvalue weighted by Crippen LogP contribution is 2.48. The van der Waals surface area contributed by atoms with E-state index in [4.69, 9.17) is 5.73 Å². The van der Waals surface area contributed by atoms with Gasteiger partial charge in [0.05, 0.1) is 12.0 Å². The second kappa shape index (κ2) is 7.55. The van der Waals surface area contributed by atoms with Crippen molar-refractivity contribution in [2.75, 3.05) is 19.6 Å². The van der Waals surface area contributed by atoms with Gasteiger partial charge in [0.25, 0.3) is 0 Å². The van der Waals surface area contributed by atoms with Crippen LogP contribution in [0.5, 0.6) is 0 Å². The van der Waals surface area contributed by atoms with Gasteiger partial charge in [-0.2, -0.15) is 0 Å². The summed E-state index contributed by atoms with van der Waals surface area (Å²) in [5.41, 5.74) is 6.30. The number of nitrogens with zero attached hydrogens (tertiary/aromatic N) is 1. The molecule has 1 aliphatic carbocycles. The molecule has 0 aromatic heterocycles. The molecule has 1 aliphatic rings. The zero-order valence-electron chi connectivity index (χ0n) is 14.7. The van der Waals surface area contributed by atoms with E-state index in [1.54, 1.807) is 0 Å². The number of benzene rings is 1. The normalized spacial score (nSPS) is 16.6. The largest absolute Gasteiger partial charge is 0.369 e. The summed E-state index contributed by atoms with van der Waals surface area (Å²) in [4.78, 5) is 16.0. The number of primary amides is 1. The maximum atomic E-state index is 11.4. The molecular formula is C18H27BrN4O. The fraction of sp³-hybridized carbons (Fsp3) is 0.556. The number of carbonyl (C=O) groups excluding carboxylic acids is 1.